The van der Waals surface area contributed by atoms with Crippen LogP contribution in [0.15, 0.2) is 30.6 Å². The third-order valence-corrected chi connectivity index (χ3v) is 4.79. The Labute approximate surface area is 138 Å². The molecule has 2 aromatic rings. The fourth-order valence-electron chi connectivity index (χ4n) is 3.10. The molecule has 0 aliphatic carbocycles. The van der Waals surface area contributed by atoms with Crippen LogP contribution in [-0.2, 0) is 11.3 Å². The Morgan fingerprint density at radius 2 is 2.13 bits per heavy atom. The smallest absolute Gasteiger partial charge is 0.0849 e. The number of nitrogens with zero attached hydrogens (tertiary/aromatic N) is 3. The minimum Gasteiger partial charge on any atom is -0.379 e. The van der Waals surface area contributed by atoms with E-state index in [1.54, 1.807) is 7.11 Å². The van der Waals surface area contributed by atoms with Crippen LogP contribution < -0.4 is 5.73 Å². The molecule has 1 aromatic carbocycles. The van der Waals surface area contributed by atoms with Crippen molar-refractivity contribution in [2.45, 2.75) is 39.0 Å². The molecule has 124 valence electrons. The molecule has 1 saturated heterocycles. The first kappa shape index (κ1) is 16.2. The van der Waals surface area contributed by atoms with E-state index in [1.165, 1.54) is 16.7 Å². The van der Waals surface area contributed by atoms with Gasteiger partial charge in [0.1, 0.15) is 0 Å². The highest BCUT2D eigenvalue weighted by Crippen LogP contribution is 2.17. The molecule has 1 aromatic heterocycles. The van der Waals surface area contributed by atoms with Gasteiger partial charge in [0.05, 0.1) is 18.0 Å². The normalized spacial score (nSPS) is 22.4. The molecule has 5 nitrogen and oxygen atoms in total. The van der Waals surface area contributed by atoms with Crippen LogP contribution in [0.5, 0.6) is 0 Å². The van der Waals surface area contributed by atoms with Crippen molar-refractivity contribution >= 4 is 0 Å². The topological polar surface area (TPSA) is 56.3 Å². The van der Waals surface area contributed by atoms with Gasteiger partial charge in [-0.1, -0.05) is 6.07 Å². The van der Waals surface area contributed by atoms with Gasteiger partial charge < -0.3 is 10.5 Å². The molecule has 2 atom stereocenters. The number of rotatable bonds is 4. The van der Waals surface area contributed by atoms with Gasteiger partial charge in [0.2, 0.25) is 0 Å². The first-order chi connectivity index (χ1) is 11.1. The number of hydrogen-bond acceptors (Lipinski definition) is 4. The van der Waals surface area contributed by atoms with Crippen LogP contribution in [-0.4, -0.2) is 47.0 Å². The van der Waals surface area contributed by atoms with Gasteiger partial charge in [-0.15, -0.1) is 0 Å². The van der Waals surface area contributed by atoms with Crippen LogP contribution in [0.4, 0.5) is 0 Å². The number of piperidine rings is 1. The molecule has 1 aliphatic rings. The summed E-state index contributed by atoms with van der Waals surface area (Å²) in [6.07, 6.45) is 5.16. The molecule has 1 fully saturated rings. The molecule has 0 radical (unpaired) electrons. The van der Waals surface area contributed by atoms with E-state index in [0.717, 1.165) is 31.7 Å². The van der Waals surface area contributed by atoms with E-state index in [-0.39, 0.29) is 12.1 Å². The van der Waals surface area contributed by atoms with Gasteiger partial charge in [0.25, 0.3) is 0 Å². The molecule has 1 aliphatic heterocycles. The highest BCUT2D eigenvalue weighted by Gasteiger charge is 2.26. The summed E-state index contributed by atoms with van der Waals surface area (Å²) < 4.78 is 7.43. The molecule has 0 unspecified atom stereocenters. The number of benzene rings is 1. The number of aromatic nitrogens is 2. The number of likely N-dealkylation sites (tertiary alicyclic amines) is 1. The van der Waals surface area contributed by atoms with E-state index in [1.807, 2.05) is 10.9 Å². The lowest BCUT2D eigenvalue weighted by Crippen LogP contribution is -2.51. The Morgan fingerprint density at radius 1 is 1.30 bits per heavy atom. The predicted octanol–water partition coefficient (Wildman–Crippen LogP) is 2.04. The molecule has 3 rings (SSSR count). The average Bonchev–Trinajstić information content (AvgIpc) is 3.00. The lowest BCUT2D eigenvalue weighted by atomic mass is 10.0. The van der Waals surface area contributed by atoms with Crippen molar-refractivity contribution in [1.29, 1.82) is 0 Å². The summed E-state index contributed by atoms with van der Waals surface area (Å²) in [4.78, 5) is 2.39. The van der Waals surface area contributed by atoms with Gasteiger partial charge >= 0.3 is 0 Å². The standard InChI is InChI=1S/C18H26N4O/c1-13-4-5-16(8-14(13)2)22-11-15(9-20-22)10-21-7-6-17(19)18(12-21)23-3/h4-5,8-9,11,17-18H,6-7,10,12,19H2,1-3H3/t17-,18+/m1/s1. The quantitative estimate of drug-likeness (QED) is 0.938. The summed E-state index contributed by atoms with van der Waals surface area (Å²) in [5.74, 6) is 0. The van der Waals surface area contributed by atoms with Crippen molar-refractivity contribution in [3.05, 3.63) is 47.3 Å². The molecule has 0 spiro atoms. The number of methoxy groups -OCH3 is 1. The monoisotopic (exact) mass is 314 g/mol. The van der Waals surface area contributed by atoms with Crippen LogP contribution in [0.2, 0.25) is 0 Å². The lowest BCUT2D eigenvalue weighted by Gasteiger charge is -2.35. The third kappa shape index (κ3) is 3.63. The Hall–Kier alpha value is -1.69. The summed E-state index contributed by atoms with van der Waals surface area (Å²) >= 11 is 0. The SMILES string of the molecule is CO[C@H]1CN(Cc2cnn(-c3ccc(C)c(C)c3)c2)CC[C@H]1N. The Morgan fingerprint density at radius 3 is 2.87 bits per heavy atom. The third-order valence-electron chi connectivity index (χ3n) is 4.79. The molecule has 5 heteroatoms. The molecule has 23 heavy (non-hydrogen) atoms. The molecule has 0 bridgehead atoms. The second kappa shape index (κ2) is 6.83. The summed E-state index contributed by atoms with van der Waals surface area (Å²) in [5.41, 5.74) is 11.0. The van der Waals surface area contributed by atoms with Crippen molar-refractivity contribution in [1.82, 2.24) is 14.7 Å². The fourth-order valence-corrected chi connectivity index (χ4v) is 3.10. The zero-order valence-corrected chi connectivity index (χ0v) is 14.2. The second-order valence-corrected chi connectivity index (χ2v) is 6.52. The average molecular weight is 314 g/mol. The molecule has 0 amide bonds. The highest BCUT2D eigenvalue weighted by molar-refractivity contribution is 5.39. The Bertz CT molecular complexity index is 667. The van der Waals surface area contributed by atoms with Gasteiger partial charge in [-0.3, -0.25) is 4.90 Å². The molecule has 2 heterocycles. The number of aryl methyl sites for hydroxylation is 2. The van der Waals surface area contributed by atoms with Crippen LogP contribution >= 0.6 is 0 Å². The van der Waals surface area contributed by atoms with Crippen LogP contribution in [0, 0.1) is 13.8 Å². The van der Waals surface area contributed by atoms with E-state index < -0.39 is 0 Å². The van der Waals surface area contributed by atoms with Crippen molar-refractivity contribution < 1.29 is 4.74 Å². The first-order valence-electron chi connectivity index (χ1n) is 8.18. The van der Waals surface area contributed by atoms with Gasteiger partial charge in [-0.25, -0.2) is 4.68 Å². The van der Waals surface area contributed by atoms with Crippen molar-refractivity contribution in [3.8, 4) is 5.69 Å². The Kier molecular flexibility index (Phi) is 4.80. The van der Waals surface area contributed by atoms with Crippen molar-refractivity contribution in [2.24, 2.45) is 5.73 Å². The number of nitrogens with two attached hydrogens (primary N) is 1. The van der Waals surface area contributed by atoms with Gasteiger partial charge in [0.15, 0.2) is 0 Å². The molecule has 0 saturated carbocycles. The van der Waals surface area contributed by atoms with E-state index in [0.29, 0.717) is 0 Å². The summed E-state index contributed by atoms with van der Waals surface area (Å²) in [5, 5.41) is 4.51. The summed E-state index contributed by atoms with van der Waals surface area (Å²) in [6.45, 7) is 7.03. The number of hydrogen-bond donors (Lipinski definition) is 1. The lowest BCUT2D eigenvalue weighted by molar-refractivity contribution is 0.0140. The highest BCUT2D eigenvalue weighted by atomic mass is 16.5. The number of ether oxygens (including phenoxy) is 1. The zero-order chi connectivity index (χ0) is 16.4. The van der Waals surface area contributed by atoms with E-state index in [9.17, 15) is 0 Å². The predicted molar refractivity (Wildman–Crippen MR) is 91.7 cm³/mol. The summed E-state index contributed by atoms with van der Waals surface area (Å²) in [6, 6.07) is 6.57. The van der Waals surface area contributed by atoms with Crippen LogP contribution in [0.1, 0.15) is 23.1 Å². The van der Waals surface area contributed by atoms with Gasteiger partial charge in [-0.2, -0.15) is 5.10 Å². The van der Waals surface area contributed by atoms with E-state index >= 15 is 0 Å². The zero-order valence-electron chi connectivity index (χ0n) is 14.2. The minimum absolute atomic E-state index is 0.124. The molecular formula is C18H26N4O. The maximum Gasteiger partial charge on any atom is 0.0849 e. The van der Waals surface area contributed by atoms with Crippen LogP contribution in [0.25, 0.3) is 5.69 Å². The summed E-state index contributed by atoms with van der Waals surface area (Å²) in [7, 11) is 1.74. The largest absolute Gasteiger partial charge is 0.379 e. The fraction of sp³-hybridized carbons (Fsp3) is 0.500. The molecular weight excluding hydrogens is 288 g/mol. The minimum atomic E-state index is 0.124. The van der Waals surface area contributed by atoms with Gasteiger partial charge in [-0.05, 0) is 43.5 Å². The van der Waals surface area contributed by atoms with Gasteiger partial charge in [0, 0.05) is 44.5 Å². The van der Waals surface area contributed by atoms with E-state index in [2.05, 4.69) is 48.2 Å². The maximum absolute atomic E-state index is 6.08. The van der Waals surface area contributed by atoms with Crippen molar-refractivity contribution in [3.63, 3.8) is 0 Å². The van der Waals surface area contributed by atoms with E-state index in [4.69, 9.17) is 10.5 Å². The first-order valence-corrected chi connectivity index (χ1v) is 8.18. The van der Waals surface area contributed by atoms with Crippen LogP contribution in [0.3, 0.4) is 0 Å². The van der Waals surface area contributed by atoms with Crippen molar-refractivity contribution in [2.75, 3.05) is 20.2 Å². The Balaban J connectivity index is 1.68. The maximum atomic E-state index is 6.08. The second-order valence-electron chi connectivity index (χ2n) is 6.52. The molecule has 2 N–H and O–H groups in total.